The number of rotatable bonds is 8. The summed E-state index contributed by atoms with van der Waals surface area (Å²) >= 11 is 7.55. The molecule has 0 atom stereocenters. The molecule has 1 amide bonds. The Morgan fingerprint density at radius 1 is 1.14 bits per heavy atom. The third-order valence-corrected chi connectivity index (χ3v) is 5.44. The van der Waals surface area contributed by atoms with E-state index in [4.69, 9.17) is 16.3 Å². The second kappa shape index (κ2) is 9.64. The van der Waals surface area contributed by atoms with Gasteiger partial charge in [0.05, 0.1) is 13.7 Å². The van der Waals surface area contributed by atoms with Crippen molar-refractivity contribution in [2.45, 2.75) is 20.0 Å². The van der Waals surface area contributed by atoms with Crippen LogP contribution in [0.25, 0.3) is 0 Å². The van der Waals surface area contributed by atoms with Gasteiger partial charge in [0.2, 0.25) is 5.01 Å². The summed E-state index contributed by atoms with van der Waals surface area (Å²) < 4.78 is 5.11. The third kappa shape index (κ3) is 5.28. The minimum atomic E-state index is -0.275. The molecule has 3 aromatic rings. The van der Waals surface area contributed by atoms with Crippen LogP contribution in [0.4, 0.5) is 5.69 Å². The van der Waals surface area contributed by atoms with Crippen LogP contribution in [-0.2, 0) is 13.1 Å². The van der Waals surface area contributed by atoms with Crippen LogP contribution in [0, 0.1) is 0 Å². The molecule has 0 aliphatic heterocycles. The summed E-state index contributed by atoms with van der Waals surface area (Å²) in [6.45, 7) is 4.23. The Bertz CT molecular complexity index is 930. The molecule has 2 aromatic carbocycles. The molecule has 28 heavy (non-hydrogen) atoms. The summed E-state index contributed by atoms with van der Waals surface area (Å²) in [7, 11) is 1.60. The molecule has 0 spiro atoms. The molecule has 1 N–H and O–H groups in total. The SMILES string of the molecule is CCN(Cc1nnc(C(=O)Nc2ccc(OC)cc2)s1)Cc1ccccc1Cl. The summed E-state index contributed by atoms with van der Waals surface area (Å²) in [6.07, 6.45) is 0. The Kier molecular flexibility index (Phi) is 6.97. The number of anilines is 1. The molecule has 0 saturated heterocycles. The summed E-state index contributed by atoms with van der Waals surface area (Å²) in [5.41, 5.74) is 1.74. The van der Waals surface area contributed by atoms with Gasteiger partial charge in [0.1, 0.15) is 10.8 Å². The van der Waals surface area contributed by atoms with E-state index >= 15 is 0 Å². The highest BCUT2D eigenvalue weighted by Crippen LogP contribution is 2.20. The van der Waals surface area contributed by atoms with Crippen molar-refractivity contribution in [3.8, 4) is 5.75 Å². The van der Waals surface area contributed by atoms with Gasteiger partial charge in [-0.2, -0.15) is 0 Å². The van der Waals surface area contributed by atoms with Gasteiger partial charge in [0.15, 0.2) is 0 Å². The molecule has 146 valence electrons. The average molecular weight is 417 g/mol. The quantitative estimate of drug-likeness (QED) is 0.586. The van der Waals surface area contributed by atoms with Crippen LogP contribution in [0.1, 0.15) is 27.3 Å². The van der Waals surface area contributed by atoms with Crippen molar-refractivity contribution in [3.05, 3.63) is 69.1 Å². The number of hydrogen-bond donors (Lipinski definition) is 1. The third-order valence-electron chi connectivity index (χ3n) is 4.17. The van der Waals surface area contributed by atoms with Crippen molar-refractivity contribution < 1.29 is 9.53 Å². The van der Waals surface area contributed by atoms with Crippen molar-refractivity contribution in [1.82, 2.24) is 15.1 Å². The molecule has 0 unspecified atom stereocenters. The summed E-state index contributed by atoms with van der Waals surface area (Å²) in [6, 6.07) is 14.9. The van der Waals surface area contributed by atoms with E-state index in [1.165, 1.54) is 11.3 Å². The van der Waals surface area contributed by atoms with E-state index in [1.807, 2.05) is 24.3 Å². The normalized spacial score (nSPS) is 10.9. The first-order chi connectivity index (χ1) is 13.6. The Balaban J connectivity index is 1.61. The Morgan fingerprint density at radius 3 is 2.57 bits per heavy atom. The number of amides is 1. The lowest BCUT2D eigenvalue weighted by Crippen LogP contribution is -2.22. The van der Waals surface area contributed by atoms with Gasteiger partial charge in [-0.25, -0.2) is 0 Å². The first kappa shape index (κ1) is 20.3. The first-order valence-corrected chi connectivity index (χ1v) is 10.0. The zero-order valence-corrected chi connectivity index (χ0v) is 17.3. The van der Waals surface area contributed by atoms with Gasteiger partial charge in [-0.15, -0.1) is 10.2 Å². The monoisotopic (exact) mass is 416 g/mol. The highest BCUT2D eigenvalue weighted by atomic mass is 35.5. The molecule has 3 rings (SSSR count). The largest absolute Gasteiger partial charge is 0.497 e. The van der Waals surface area contributed by atoms with Gasteiger partial charge >= 0.3 is 0 Å². The number of hydrogen-bond acceptors (Lipinski definition) is 6. The van der Waals surface area contributed by atoms with Crippen LogP contribution in [0.15, 0.2) is 48.5 Å². The van der Waals surface area contributed by atoms with Gasteiger partial charge in [0, 0.05) is 17.3 Å². The number of benzene rings is 2. The molecule has 0 saturated carbocycles. The lowest BCUT2D eigenvalue weighted by molar-refractivity contribution is 0.102. The first-order valence-electron chi connectivity index (χ1n) is 8.82. The number of methoxy groups -OCH3 is 1. The fourth-order valence-corrected chi connectivity index (χ4v) is 3.58. The van der Waals surface area contributed by atoms with Crippen molar-refractivity contribution in [3.63, 3.8) is 0 Å². The number of nitrogens with one attached hydrogen (secondary N) is 1. The second-order valence-electron chi connectivity index (χ2n) is 6.08. The Morgan fingerprint density at radius 2 is 1.89 bits per heavy atom. The topological polar surface area (TPSA) is 67.4 Å². The number of nitrogens with zero attached hydrogens (tertiary/aromatic N) is 3. The maximum absolute atomic E-state index is 12.4. The van der Waals surface area contributed by atoms with E-state index in [0.29, 0.717) is 23.8 Å². The molecule has 0 aliphatic rings. The van der Waals surface area contributed by atoms with Gasteiger partial charge in [-0.05, 0) is 42.4 Å². The highest BCUT2D eigenvalue weighted by molar-refractivity contribution is 7.13. The van der Waals surface area contributed by atoms with Crippen molar-refractivity contribution in [2.75, 3.05) is 19.0 Å². The fraction of sp³-hybridized carbons (Fsp3) is 0.250. The maximum Gasteiger partial charge on any atom is 0.286 e. The van der Waals surface area contributed by atoms with Gasteiger partial charge in [0.25, 0.3) is 5.91 Å². The van der Waals surface area contributed by atoms with E-state index in [0.717, 1.165) is 27.9 Å². The second-order valence-corrected chi connectivity index (χ2v) is 7.55. The molecule has 0 aliphatic carbocycles. The summed E-state index contributed by atoms with van der Waals surface area (Å²) in [5, 5.41) is 12.9. The average Bonchev–Trinajstić information content (AvgIpc) is 3.18. The van der Waals surface area contributed by atoms with E-state index in [2.05, 4.69) is 27.3 Å². The van der Waals surface area contributed by atoms with E-state index in [9.17, 15) is 4.79 Å². The van der Waals surface area contributed by atoms with E-state index < -0.39 is 0 Å². The van der Waals surface area contributed by atoms with Crippen molar-refractivity contribution >= 4 is 34.5 Å². The number of carbonyl (C=O) groups is 1. The van der Waals surface area contributed by atoms with Crippen LogP contribution in [0.3, 0.4) is 0 Å². The zero-order valence-electron chi connectivity index (χ0n) is 15.7. The van der Waals surface area contributed by atoms with Crippen molar-refractivity contribution in [2.24, 2.45) is 0 Å². The van der Waals surface area contributed by atoms with Crippen LogP contribution < -0.4 is 10.1 Å². The van der Waals surface area contributed by atoms with E-state index in [-0.39, 0.29) is 5.91 Å². The lowest BCUT2D eigenvalue weighted by Gasteiger charge is -2.19. The summed E-state index contributed by atoms with van der Waals surface area (Å²) in [4.78, 5) is 14.6. The molecular formula is C20H21ClN4O2S. The fourth-order valence-electron chi connectivity index (χ4n) is 2.61. The summed E-state index contributed by atoms with van der Waals surface area (Å²) in [5.74, 6) is 0.456. The van der Waals surface area contributed by atoms with Gasteiger partial charge in [-0.1, -0.05) is 48.1 Å². The Hall–Kier alpha value is -2.48. The smallest absolute Gasteiger partial charge is 0.286 e. The number of carbonyl (C=O) groups excluding carboxylic acids is 1. The molecular weight excluding hydrogens is 396 g/mol. The molecule has 0 radical (unpaired) electrons. The van der Waals surface area contributed by atoms with Gasteiger partial charge in [-0.3, -0.25) is 9.69 Å². The number of aromatic nitrogens is 2. The predicted molar refractivity (Wildman–Crippen MR) is 112 cm³/mol. The predicted octanol–water partition coefficient (Wildman–Crippen LogP) is 4.47. The standard InChI is InChI=1S/C20H21ClN4O2S/c1-3-25(12-14-6-4-5-7-17(14)21)13-18-23-24-20(28-18)19(26)22-15-8-10-16(27-2)11-9-15/h4-11H,3,12-13H2,1-2H3,(H,22,26). The molecule has 6 nitrogen and oxygen atoms in total. The molecule has 8 heteroatoms. The maximum atomic E-state index is 12.4. The Labute approximate surface area is 173 Å². The van der Waals surface area contributed by atoms with Crippen LogP contribution in [0.5, 0.6) is 5.75 Å². The van der Waals surface area contributed by atoms with Crippen molar-refractivity contribution in [1.29, 1.82) is 0 Å². The van der Waals surface area contributed by atoms with Crippen LogP contribution in [-0.4, -0.2) is 34.7 Å². The molecule has 1 aromatic heterocycles. The molecule has 0 fully saturated rings. The zero-order chi connectivity index (χ0) is 19.9. The van der Waals surface area contributed by atoms with E-state index in [1.54, 1.807) is 31.4 Å². The van der Waals surface area contributed by atoms with Gasteiger partial charge < -0.3 is 10.1 Å². The minimum absolute atomic E-state index is 0.275. The molecule has 0 bridgehead atoms. The lowest BCUT2D eigenvalue weighted by atomic mass is 10.2. The molecule has 1 heterocycles. The minimum Gasteiger partial charge on any atom is -0.497 e. The van der Waals surface area contributed by atoms with Crippen LogP contribution in [0.2, 0.25) is 5.02 Å². The number of halogens is 1. The highest BCUT2D eigenvalue weighted by Gasteiger charge is 2.15. The number of ether oxygens (including phenoxy) is 1. The van der Waals surface area contributed by atoms with Crippen LogP contribution >= 0.6 is 22.9 Å².